The summed E-state index contributed by atoms with van der Waals surface area (Å²) < 4.78 is 6.26. The molecule has 0 aromatic carbocycles. The molecule has 8 heteroatoms. The van der Waals surface area contributed by atoms with E-state index >= 15 is 0 Å². The normalized spacial score (nSPS) is 13.6. The van der Waals surface area contributed by atoms with Gasteiger partial charge in [0.2, 0.25) is 5.91 Å². The van der Waals surface area contributed by atoms with Crippen LogP contribution in [-0.4, -0.2) is 39.5 Å². The first-order valence-electron chi connectivity index (χ1n) is 7.07. The minimum absolute atomic E-state index is 0.0437. The lowest BCUT2D eigenvalue weighted by atomic mass is 10.2. The largest absolute Gasteiger partial charge is 0.461 e. The maximum atomic E-state index is 12.1. The zero-order valence-corrected chi connectivity index (χ0v) is 12.9. The minimum atomic E-state index is -0.603. The Hall–Kier alpha value is -1.96. The van der Waals surface area contributed by atoms with Crippen molar-refractivity contribution in [1.82, 2.24) is 20.3 Å². The van der Waals surface area contributed by atoms with E-state index in [0.29, 0.717) is 5.69 Å². The van der Waals surface area contributed by atoms with Crippen molar-refractivity contribution in [3.63, 3.8) is 0 Å². The molecule has 0 radical (unpaired) electrons. The highest BCUT2D eigenvalue weighted by molar-refractivity contribution is 5.88. The number of nitrogens with zero attached hydrogens (tertiary/aromatic N) is 3. The summed E-state index contributed by atoms with van der Waals surface area (Å²) in [5, 5.41) is 10.5. The summed E-state index contributed by atoms with van der Waals surface area (Å²) >= 11 is 0. The number of amides is 1. The van der Waals surface area contributed by atoms with E-state index in [2.05, 4.69) is 15.6 Å². The second kappa shape index (κ2) is 7.72. The fourth-order valence-electron chi connectivity index (χ4n) is 1.75. The molecule has 2 unspecified atom stereocenters. The highest BCUT2D eigenvalue weighted by Crippen LogP contribution is 2.13. The van der Waals surface area contributed by atoms with Crippen LogP contribution in [0.15, 0.2) is 0 Å². The topological polar surface area (TPSA) is 112 Å². The molecule has 1 amide bonds. The Morgan fingerprint density at radius 1 is 1.38 bits per heavy atom. The Labute approximate surface area is 124 Å². The van der Waals surface area contributed by atoms with Gasteiger partial charge < -0.3 is 15.8 Å². The predicted octanol–water partition coefficient (Wildman–Crippen LogP) is 0.389. The summed E-state index contributed by atoms with van der Waals surface area (Å²) in [6.07, 6.45) is 0.827. The van der Waals surface area contributed by atoms with Gasteiger partial charge in [-0.25, -0.2) is 9.48 Å². The quantitative estimate of drug-likeness (QED) is 0.704. The predicted molar refractivity (Wildman–Crippen MR) is 76.5 cm³/mol. The van der Waals surface area contributed by atoms with Crippen molar-refractivity contribution in [1.29, 1.82) is 0 Å². The smallest absolute Gasteiger partial charge is 0.360 e. The highest BCUT2D eigenvalue weighted by Gasteiger charge is 2.25. The molecular weight excluding hydrogens is 274 g/mol. The van der Waals surface area contributed by atoms with Crippen molar-refractivity contribution in [2.45, 2.75) is 52.7 Å². The van der Waals surface area contributed by atoms with Gasteiger partial charge in [0.05, 0.1) is 12.3 Å². The third kappa shape index (κ3) is 4.01. The van der Waals surface area contributed by atoms with Gasteiger partial charge >= 0.3 is 5.97 Å². The number of carbonyl (C=O) groups excluding carboxylic acids is 2. The van der Waals surface area contributed by atoms with Gasteiger partial charge in [-0.2, -0.15) is 0 Å². The molecule has 0 aliphatic rings. The number of esters is 1. The SMILES string of the molecule is CCOC(=O)c1nnn(C(C)C(=O)NC(C)CC)c1CN. The number of carbonyl (C=O) groups is 2. The number of hydrogen-bond donors (Lipinski definition) is 2. The second-order valence-electron chi connectivity index (χ2n) is 4.75. The minimum Gasteiger partial charge on any atom is -0.461 e. The molecule has 0 aliphatic heterocycles. The van der Waals surface area contributed by atoms with Crippen LogP contribution in [0.25, 0.3) is 0 Å². The number of rotatable bonds is 7. The Kier molecular flexibility index (Phi) is 6.29. The third-order valence-corrected chi connectivity index (χ3v) is 3.20. The first-order valence-corrected chi connectivity index (χ1v) is 7.07. The Bertz CT molecular complexity index is 500. The van der Waals surface area contributed by atoms with Crippen LogP contribution in [0, 0.1) is 0 Å². The van der Waals surface area contributed by atoms with Crippen molar-refractivity contribution in [2.24, 2.45) is 5.73 Å². The van der Waals surface area contributed by atoms with E-state index in [9.17, 15) is 9.59 Å². The number of aromatic nitrogens is 3. The lowest BCUT2D eigenvalue weighted by Gasteiger charge is -2.17. The van der Waals surface area contributed by atoms with E-state index < -0.39 is 12.0 Å². The van der Waals surface area contributed by atoms with Crippen molar-refractivity contribution in [3.8, 4) is 0 Å². The van der Waals surface area contributed by atoms with Gasteiger partial charge in [-0.05, 0) is 27.2 Å². The number of nitrogens with one attached hydrogen (secondary N) is 1. The number of nitrogens with two attached hydrogens (primary N) is 1. The van der Waals surface area contributed by atoms with Crippen LogP contribution in [0.3, 0.4) is 0 Å². The Balaban J connectivity index is 2.97. The molecule has 0 bridgehead atoms. The number of hydrogen-bond acceptors (Lipinski definition) is 6. The molecule has 0 saturated carbocycles. The molecule has 1 aromatic heterocycles. The standard InChI is InChI=1S/C13H23N5O3/c1-5-8(3)15-12(19)9(4)18-10(7-14)11(16-17-18)13(20)21-6-2/h8-9H,5-7,14H2,1-4H3,(H,15,19). The lowest BCUT2D eigenvalue weighted by molar-refractivity contribution is -0.124. The first-order chi connectivity index (χ1) is 9.96. The van der Waals surface area contributed by atoms with E-state index in [1.54, 1.807) is 13.8 Å². The molecule has 118 valence electrons. The van der Waals surface area contributed by atoms with Crippen LogP contribution in [0.4, 0.5) is 0 Å². The molecule has 0 fully saturated rings. The maximum Gasteiger partial charge on any atom is 0.360 e. The van der Waals surface area contributed by atoms with Crippen molar-refractivity contribution >= 4 is 11.9 Å². The molecule has 0 spiro atoms. The molecular formula is C13H23N5O3. The van der Waals surface area contributed by atoms with Crippen molar-refractivity contribution in [2.75, 3.05) is 6.61 Å². The van der Waals surface area contributed by atoms with E-state index in [1.807, 2.05) is 13.8 Å². The summed E-state index contributed by atoms with van der Waals surface area (Å²) in [7, 11) is 0. The van der Waals surface area contributed by atoms with Gasteiger partial charge in [0, 0.05) is 12.6 Å². The Morgan fingerprint density at radius 2 is 2.05 bits per heavy atom. The molecule has 8 nitrogen and oxygen atoms in total. The zero-order chi connectivity index (χ0) is 16.0. The van der Waals surface area contributed by atoms with Crippen LogP contribution in [-0.2, 0) is 16.1 Å². The van der Waals surface area contributed by atoms with Crippen molar-refractivity contribution in [3.05, 3.63) is 11.4 Å². The summed E-state index contributed by atoms with van der Waals surface area (Å²) in [4.78, 5) is 23.9. The number of ether oxygens (including phenoxy) is 1. The lowest BCUT2D eigenvalue weighted by Crippen LogP contribution is -2.38. The molecule has 21 heavy (non-hydrogen) atoms. The van der Waals surface area contributed by atoms with E-state index in [1.165, 1.54) is 4.68 Å². The van der Waals surface area contributed by atoms with E-state index in [4.69, 9.17) is 10.5 Å². The molecule has 1 rings (SSSR count). The highest BCUT2D eigenvalue weighted by atomic mass is 16.5. The fourth-order valence-corrected chi connectivity index (χ4v) is 1.75. The van der Waals surface area contributed by atoms with Crippen LogP contribution in [0.2, 0.25) is 0 Å². The van der Waals surface area contributed by atoms with Gasteiger partial charge in [0.25, 0.3) is 0 Å². The van der Waals surface area contributed by atoms with Gasteiger partial charge in [-0.3, -0.25) is 4.79 Å². The van der Waals surface area contributed by atoms with Gasteiger partial charge in [-0.15, -0.1) is 5.10 Å². The maximum absolute atomic E-state index is 12.1. The fraction of sp³-hybridized carbons (Fsp3) is 0.692. The van der Waals surface area contributed by atoms with Crippen LogP contribution >= 0.6 is 0 Å². The van der Waals surface area contributed by atoms with Crippen LogP contribution in [0.1, 0.15) is 56.3 Å². The van der Waals surface area contributed by atoms with Crippen LogP contribution in [0.5, 0.6) is 0 Å². The summed E-state index contributed by atoms with van der Waals surface area (Å²) in [6, 6.07) is -0.539. The van der Waals surface area contributed by atoms with E-state index in [-0.39, 0.29) is 30.8 Å². The molecule has 0 aliphatic carbocycles. The molecule has 2 atom stereocenters. The van der Waals surface area contributed by atoms with Gasteiger partial charge in [-0.1, -0.05) is 12.1 Å². The Morgan fingerprint density at radius 3 is 2.57 bits per heavy atom. The van der Waals surface area contributed by atoms with Crippen molar-refractivity contribution < 1.29 is 14.3 Å². The average Bonchev–Trinajstić information content (AvgIpc) is 2.90. The summed E-state index contributed by atoms with van der Waals surface area (Å²) in [6.45, 7) is 7.56. The van der Waals surface area contributed by atoms with E-state index in [0.717, 1.165) is 6.42 Å². The summed E-state index contributed by atoms with van der Waals surface area (Å²) in [5.74, 6) is -0.780. The first kappa shape index (κ1) is 17.1. The second-order valence-corrected chi connectivity index (χ2v) is 4.75. The average molecular weight is 297 g/mol. The van der Waals surface area contributed by atoms with Gasteiger partial charge in [0.1, 0.15) is 6.04 Å². The molecule has 1 aromatic rings. The summed E-state index contributed by atoms with van der Waals surface area (Å²) in [5.41, 5.74) is 6.10. The molecule has 1 heterocycles. The third-order valence-electron chi connectivity index (χ3n) is 3.20. The molecule has 3 N–H and O–H groups in total. The van der Waals surface area contributed by atoms with Gasteiger partial charge in [0.15, 0.2) is 5.69 Å². The zero-order valence-electron chi connectivity index (χ0n) is 12.9. The van der Waals surface area contributed by atoms with Crippen LogP contribution < -0.4 is 11.1 Å². The monoisotopic (exact) mass is 297 g/mol. The molecule has 0 saturated heterocycles.